The highest BCUT2D eigenvalue weighted by molar-refractivity contribution is 6.40. The van der Waals surface area contributed by atoms with Gasteiger partial charge in [0.05, 0.1) is 5.69 Å². The van der Waals surface area contributed by atoms with Crippen LogP contribution in [0.25, 0.3) is 0 Å². The summed E-state index contributed by atoms with van der Waals surface area (Å²) in [5.41, 5.74) is 3.24. The number of nitrogens with zero attached hydrogens (tertiary/aromatic N) is 3. The Kier molecular flexibility index (Phi) is 7.20. The van der Waals surface area contributed by atoms with Crippen LogP contribution in [0.1, 0.15) is 56.1 Å². The quantitative estimate of drug-likeness (QED) is 0.766. The number of benzene rings is 1. The Balaban J connectivity index is 1.55. The molecule has 0 spiro atoms. The minimum absolute atomic E-state index is 0.0635. The van der Waals surface area contributed by atoms with E-state index in [1.165, 1.54) is 43.8 Å². The fourth-order valence-corrected chi connectivity index (χ4v) is 3.82. The average Bonchev–Trinajstić information content (AvgIpc) is 2.96. The SMILES string of the molecule is Cc1ccc(C)c(N2N=C(C(=O)NCCCN3CCCCCC3)CCC2=O)c1. The Morgan fingerprint density at radius 3 is 2.61 bits per heavy atom. The number of carbonyl (C=O) groups excluding carboxylic acids is 2. The molecule has 2 heterocycles. The molecule has 2 aliphatic rings. The second-order valence-electron chi connectivity index (χ2n) is 7.91. The number of anilines is 1. The third kappa shape index (κ3) is 5.41. The lowest BCUT2D eigenvalue weighted by molar-refractivity contribution is -0.119. The summed E-state index contributed by atoms with van der Waals surface area (Å²) >= 11 is 0. The van der Waals surface area contributed by atoms with Crippen LogP contribution < -0.4 is 10.3 Å². The van der Waals surface area contributed by atoms with Crippen molar-refractivity contribution in [2.24, 2.45) is 5.10 Å². The highest BCUT2D eigenvalue weighted by Gasteiger charge is 2.26. The van der Waals surface area contributed by atoms with E-state index in [0.717, 1.165) is 29.8 Å². The summed E-state index contributed by atoms with van der Waals surface area (Å²) in [6.07, 6.45) is 6.90. The Morgan fingerprint density at radius 1 is 1.11 bits per heavy atom. The maximum Gasteiger partial charge on any atom is 0.267 e. The molecule has 1 aromatic carbocycles. The fraction of sp³-hybridized carbons (Fsp3) is 0.591. The van der Waals surface area contributed by atoms with Crippen molar-refractivity contribution < 1.29 is 9.59 Å². The molecule has 1 fully saturated rings. The second-order valence-corrected chi connectivity index (χ2v) is 7.91. The molecule has 152 valence electrons. The van der Waals surface area contributed by atoms with Crippen LogP contribution in [0.4, 0.5) is 5.69 Å². The number of aryl methyl sites for hydroxylation is 2. The minimum atomic E-state index is -0.154. The van der Waals surface area contributed by atoms with Crippen molar-refractivity contribution in [3.05, 3.63) is 29.3 Å². The maximum absolute atomic E-state index is 12.5. The largest absolute Gasteiger partial charge is 0.351 e. The van der Waals surface area contributed by atoms with E-state index in [0.29, 0.717) is 25.1 Å². The number of likely N-dealkylation sites (tertiary alicyclic amines) is 1. The van der Waals surface area contributed by atoms with Gasteiger partial charge in [-0.05, 0) is 69.9 Å². The minimum Gasteiger partial charge on any atom is -0.351 e. The van der Waals surface area contributed by atoms with Gasteiger partial charge in [0.25, 0.3) is 5.91 Å². The van der Waals surface area contributed by atoms with E-state index in [-0.39, 0.29) is 11.8 Å². The number of carbonyl (C=O) groups is 2. The van der Waals surface area contributed by atoms with Crippen molar-refractivity contribution in [2.45, 2.75) is 58.8 Å². The van der Waals surface area contributed by atoms with Gasteiger partial charge in [-0.15, -0.1) is 0 Å². The van der Waals surface area contributed by atoms with E-state index < -0.39 is 0 Å². The van der Waals surface area contributed by atoms with Crippen LogP contribution in [-0.2, 0) is 9.59 Å². The molecule has 1 aromatic rings. The molecule has 0 saturated carbocycles. The summed E-state index contributed by atoms with van der Waals surface area (Å²) in [5, 5.41) is 8.78. The molecule has 0 aromatic heterocycles. The molecule has 0 aliphatic carbocycles. The number of rotatable bonds is 6. The Bertz CT molecular complexity index is 736. The summed E-state index contributed by atoms with van der Waals surface area (Å²) in [4.78, 5) is 27.4. The molecule has 2 aliphatic heterocycles. The van der Waals surface area contributed by atoms with Gasteiger partial charge in [0.15, 0.2) is 0 Å². The zero-order valence-corrected chi connectivity index (χ0v) is 17.2. The molecular formula is C22H32N4O2. The lowest BCUT2D eigenvalue weighted by atomic mass is 10.1. The van der Waals surface area contributed by atoms with Crippen LogP contribution in [-0.4, -0.2) is 48.6 Å². The van der Waals surface area contributed by atoms with Gasteiger partial charge in [0, 0.05) is 19.4 Å². The Morgan fingerprint density at radius 2 is 1.86 bits per heavy atom. The van der Waals surface area contributed by atoms with Gasteiger partial charge in [-0.25, -0.2) is 5.01 Å². The fourth-order valence-electron chi connectivity index (χ4n) is 3.82. The van der Waals surface area contributed by atoms with Crippen molar-refractivity contribution in [1.82, 2.24) is 10.2 Å². The highest BCUT2D eigenvalue weighted by atomic mass is 16.2. The van der Waals surface area contributed by atoms with Gasteiger partial charge in [0.1, 0.15) is 5.71 Å². The predicted octanol–water partition coefficient (Wildman–Crippen LogP) is 3.17. The summed E-state index contributed by atoms with van der Waals surface area (Å²) in [6.45, 7) is 7.96. The molecular weight excluding hydrogens is 352 g/mol. The first-order valence-electron chi connectivity index (χ1n) is 10.5. The number of hydrazone groups is 1. The van der Waals surface area contributed by atoms with Crippen LogP contribution in [0.2, 0.25) is 0 Å². The zero-order chi connectivity index (χ0) is 19.9. The van der Waals surface area contributed by atoms with Gasteiger partial charge >= 0.3 is 0 Å². The van der Waals surface area contributed by atoms with Crippen LogP contribution in [0.15, 0.2) is 23.3 Å². The zero-order valence-electron chi connectivity index (χ0n) is 17.2. The molecule has 28 heavy (non-hydrogen) atoms. The highest BCUT2D eigenvalue weighted by Crippen LogP contribution is 2.25. The number of amides is 2. The molecule has 0 radical (unpaired) electrons. The third-order valence-electron chi connectivity index (χ3n) is 5.52. The second kappa shape index (κ2) is 9.82. The first kappa shape index (κ1) is 20.5. The van der Waals surface area contributed by atoms with E-state index in [1.54, 1.807) is 0 Å². The van der Waals surface area contributed by atoms with Crippen LogP contribution in [0.3, 0.4) is 0 Å². The van der Waals surface area contributed by atoms with Crippen molar-refractivity contribution in [3.8, 4) is 0 Å². The molecule has 6 nitrogen and oxygen atoms in total. The molecule has 6 heteroatoms. The number of hydrogen-bond donors (Lipinski definition) is 1. The summed E-state index contributed by atoms with van der Waals surface area (Å²) in [7, 11) is 0. The Labute approximate surface area is 168 Å². The van der Waals surface area contributed by atoms with Gasteiger partial charge in [-0.3, -0.25) is 9.59 Å². The summed E-state index contributed by atoms with van der Waals surface area (Å²) < 4.78 is 0. The topological polar surface area (TPSA) is 65.0 Å². The predicted molar refractivity (Wildman–Crippen MR) is 113 cm³/mol. The normalized spacial score (nSPS) is 18.6. The van der Waals surface area contributed by atoms with E-state index in [4.69, 9.17) is 0 Å². The van der Waals surface area contributed by atoms with Crippen molar-refractivity contribution in [3.63, 3.8) is 0 Å². The van der Waals surface area contributed by atoms with E-state index in [9.17, 15) is 9.59 Å². The first-order valence-corrected chi connectivity index (χ1v) is 10.5. The number of nitrogens with one attached hydrogen (secondary N) is 1. The lowest BCUT2D eigenvalue weighted by Crippen LogP contribution is -2.40. The van der Waals surface area contributed by atoms with E-state index >= 15 is 0 Å². The van der Waals surface area contributed by atoms with Crippen LogP contribution >= 0.6 is 0 Å². The molecule has 3 rings (SSSR count). The molecule has 0 unspecified atom stereocenters. The van der Waals surface area contributed by atoms with Crippen molar-refractivity contribution >= 4 is 23.2 Å². The summed E-state index contributed by atoms with van der Waals surface area (Å²) in [5.74, 6) is -0.218. The average molecular weight is 385 g/mol. The Hall–Kier alpha value is -2.21. The molecule has 1 N–H and O–H groups in total. The monoisotopic (exact) mass is 384 g/mol. The smallest absolute Gasteiger partial charge is 0.267 e. The van der Waals surface area contributed by atoms with Gasteiger partial charge in [0.2, 0.25) is 5.91 Å². The first-order chi connectivity index (χ1) is 13.5. The maximum atomic E-state index is 12.5. The summed E-state index contributed by atoms with van der Waals surface area (Å²) in [6, 6.07) is 5.93. The van der Waals surface area contributed by atoms with Crippen LogP contribution in [0.5, 0.6) is 0 Å². The van der Waals surface area contributed by atoms with Gasteiger partial charge in [-0.2, -0.15) is 5.10 Å². The number of hydrogen-bond acceptors (Lipinski definition) is 4. The van der Waals surface area contributed by atoms with Crippen molar-refractivity contribution in [1.29, 1.82) is 0 Å². The third-order valence-corrected chi connectivity index (χ3v) is 5.52. The molecule has 2 amide bonds. The lowest BCUT2D eigenvalue weighted by Gasteiger charge is -2.25. The molecule has 1 saturated heterocycles. The van der Waals surface area contributed by atoms with Crippen molar-refractivity contribution in [2.75, 3.05) is 31.2 Å². The van der Waals surface area contributed by atoms with Gasteiger partial charge in [-0.1, -0.05) is 25.0 Å². The van der Waals surface area contributed by atoms with E-state index in [1.807, 2.05) is 32.0 Å². The van der Waals surface area contributed by atoms with Crippen LogP contribution in [0, 0.1) is 13.8 Å². The molecule has 0 atom stereocenters. The standard InChI is InChI=1S/C22H32N4O2/c1-17-8-9-18(2)20(16-17)26-21(27)11-10-19(24-26)22(28)23-12-7-15-25-13-5-3-4-6-14-25/h8-9,16H,3-7,10-15H2,1-2H3,(H,23,28). The molecule has 0 bridgehead atoms. The van der Waals surface area contributed by atoms with Gasteiger partial charge < -0.3 is 10.2 Å². The van der Waals surface area contributed by atoms with E-state index in [2.05, 4.69) is 15.3 Å².